The number of methoxy groups -OCH3 is 1. The Morgan fingerprint density at radius 1 is 1.45 bits per heavy atom. The largest absolute Gasteiger partial charge is 0.481 e. The van der Waals surface area contributed by atoms with Crippen LogP contribution in [0.3, 0.4) is 0 Å². The average Bonchev–Trinajstić information content (AvgIpc) is 2.74. The lowest BCUT2D eigenvalue weighted by Crippen LogP contribution is -2.09. The number of ether oxygens (including phenoxy) is 1. The lowest BCUT2D eigenvalue weighted by atomic mass is 10.1. The molecule has 1 unspecified atom stereocenters. The fourth-order valence-electron chi connectivity index (χ4n) is 1.98. The van der Waals surface area contributed by atoms with E-state index in [4.69, 9.17) is 16.3 Å². The number of aliphatic hydroxyl groups excluding tert-OH is 1. The van der Waals surface area contributed by atoms with Crippen molar-refractivity contribution in [1.82, 2.24) is 19.7 Å². The highest BCUT2D eigenvalue weighted by molar-refractivity contribution is 6.31. The Kier molecular flexibility index (Phi) is 4.57. The summed E-state index contributed by atoms with van der Waals surface area (Å²) < 4.78 is 6.72. The van der Waals surface area contributed by atoms with Crippen LogP contribution in [0.4, 0.5) is 0 Å². The summed E-state index contributed by atoms with van der Waals surface area (Å²) in [5.74, 6) is 0.416. The molecular formula is C13H17ClN4O2. The molecule has 108 valence electrons. The summed E-state index contributed by atoms with van der Waals surface area (Å²) in [6, 6.07) is 1.61. The highest BCUT2D eigenvalue weighted by Crippen LogP contribution is 2.26. The highest BCUT2D eigenvalue weighted by Gasteiger charge is 2.19. The van der Waals surface area contributed by atoms with Gasteiger partial charge in [-0.05, 0) is 6.42 Å². The minimum Gasteiger partial charge on any atom is -0.481 e. The maximum Gasteiger partial charge on any atom is 0.216 e. The van der Waals surface area contributed by atoms with Crippen LogP contribution in [0.5, 0.6) is 5.88 Å². The number of nitrogens with zero attached hydrogens (tertiary/aromatic N) is 4. The van der Waals surface area contributed by atoms with E-state index in [9.17, 15) is 5.11 Å². The van der Waals surface area contributed by atoms with E-state index in [1.54, 1.807) is 10.7 Å². The van der Waals surface area contributed by atoms with Gasteiger partial charge in [0.15, 0.2) is 0 Å². The van der Waals surface area contributed by atoms with Crippen molar-refractivity contribution in [2.45, 2.75) is 25.9 Å². The second kappa shape index (κ2) is 6.19. The van der Waals surface area contributed by atoms with Crippen LogP contribution in [-0.4, -0.2) is 32.0 Å². The van der Waals surface area contributed by atoms with Gasteiger partial charge < -0.3 is 9.84 Å². The summed E-state index contributed by atoms with van der Waals surface area (Å²) in [6.07, 6.45) is 1.66. The van der Waals surface area contributed by atoms with Crippen molar-refractivity contribution in [3.63, 3.8) is 0 Å². The maximum atomic E-state index is 10.3. The monoisotopic (exact) mass is 296 g/mol. The van der Waals surface area contributed by atoms with E-state index in [-0.39, 0.29) is 0 Å². The smallest absolute Gasteiger partial charge is 0.216 e. The zero-order valence-corrected chi connectivity index (χ0v) is 12.4. The van der Waals surface area contributed by atoms with Gasteiger partial charge in [0.1, 0.15) is 12.4 Å². The van der Waals surface area contributed by atoms with E-state index in [0.717, 1.165) is 17.8 Å². The molecule has 0 saturated heterocycles. The van der Waals surface area contributed by atoms with Gasteiger partial charge in [0.05, 0.1) is 29.2 Å². The van der Waals surface area contributed by atoms with Crippen molar-refractivity contribution < 1.29 is 9.84 Å². The number of aliphatic hydroxyl groups is 1. The first-order chi connectivity index (χ1) is 9.56. The Morgan fingerprint density at radius 2 is 2.20 bits per heavy atom. The van der Waals surface area contributed by atoms with Crippen LogP contribution in [-0.2, 0) is 19.9 Å². The summed E-state index contributed by atoms with van der Waals surface area (Å²) >= 11 is 6.27. The van der Waals surface area contributed by atoms with Crippen LogP contribution in [0.25, 0.3) is 0 Å². The van der Waals surface area contributed by atoms with Gasteiger partial charge in [0.2, 0.25) is 5.88 Å². The third kappa shape index (κ3) is 2.91. The van der Waals surface area contributed by atoms with Gasteiger partial charge in [0, 0.05) is 19.5 Å². The van der Waals surface area contributed by atoms with Crippen molar-refractivity contribution in [2.75, 3.05) is 7.11 Å². The second-order valence-electron chi connectivity index (χ2n) is 4.39. The van der Waals surface area contributed by atoms with Gasteiger partial charge in [-0.1, -0.05) is 18.5 Å². The minimum absolute atomic E-state index is 0.336. The predicted octanol–water partition coefficient (Wildman–Crippen LogP) is 1.71. The van der Waals surface area contributed by atoms with Crippen LogP contribution in [0.2, 0.25) is 5.02 Å². The molecule has 2 heterocycles. The number of hydrogen-bond acceptors (Lipinski definition) is 5. The van der Waals surface area contributed by atoms with Crippen molar-refractivity contribution in [2.24, 2.45) is 7.05 Å². The maximum absolute atomic E-state index is 10.3. The topological polar surface area (TPSA) is 73.1 Å². The molecule has 2 rings (SSSR count). The molecule has 0 spiro atoms. The number of hydrogen-bond donors (Lipinski definition) is 1. The molecule has 6 nitrogen and oxygen atoms in total. The molecule has 0 fully saturated rings. The molecule has 0 amide bonds. The van der Waals surface area contributed by atoms with Crippen LogP contribution in [0, 0.1) is 0 Å². The Balaban J connectivity index is 2.23. The quantitative estimate of drug-likeness (QED) is 0.909. The molecule has 1 N–H and O–H groups in total. The van der Waals surface area contributed by atoms with Gasteiger partial charge in [-0.25, -0.2) is 9.97 Å². The molecule has 0 radical (unpaired) electrons. The zero-order valence-electron chi connectivity index (χ0n) is 11.7. The van der Waals surface area contributed by atoms with Gasteiger partial charge in [-0.15, -0.1) is 0 Å². The molecule has 2 aromatic heterocycles. The molecule has 0 saturated carbocycles. The van der Waals surface area contributed by atoms with Crippen LogP contribution in [0.1, 0.15) is 30.1 Å². The molecule has 0 bridgehead atoms. The Hall–Kier alpha value is -1.66. The van der Waals surface area contributed by atoms with Gasteiger partial charge in [0.25, 0.3) is 0 Å². The van der Waals surface area contributed by atoms with Crippen LogP contribution >= 0.6 is 11.6 Å². The molecular weight excluding hydrogens is 280 g/mol. The average molecular weight is 297 g/mol. The lowest BCUT2D eigenvalue weighted by molar-refractivity contribution is 0.170. The Bertz CT molecular complexity index is 600. The minimum atomic E-state index is -0.787. The zero-order chi connectivity index (χ0) is 14.7. The van der Waals surface area contributed by atoms with Crippen molar-refractivity contribution in [1.29, 1.82) is 0 Å². The van der Waals surface area contributed by atoms with Crippen molar-refractivity contribution in [3.05, 3.63) is 34.5 Å². The Morgan fingerprint density at radius 3 is 2.80 bits per heavy atom. The van der Waals surface area contributed by atoms with E-state index in [2.05, 4.69) is 15.1 Å². The third-order valence-corrected chi connectivity index (χ3v) is 3.54. The number of aryl methyl sites for hydroxylation is 2. The van der Waals surface area contributed by atoms with E-state index in [1.165, 1.54) is 13.4 Å². The molecule has 20 heavy (non-hydrogen) atoms. The fourth-order valence-corrected chi connectivity index (χ4v) is 2.35. The summed E-state index contributed by atoms with van der Waals surface area (Å²) in [7, 11) is 3.33. The first-order valence-corrected chi connectivity index (χ1v) is 6.68. The molecule has 2 aromatic rings. The summed E-state index contributed by atoms with van der Waals surface area (Å²) in [5, 5.41) is 15.2. The van der Waals surface area contributed by atoms with E-state index in [1.807, 2.05) is 14.0 Å². The number of aromatic nitrogens is 4. The molecule has 0 aromatic carbocycles. The highest BCUT2D eigenvalue weighted by atomic mass is 35.5. The van der Waals surface area contributed by atoms with E-state index >= 15 is 0 Å². The summed E-state index contributed by atoms with van der Waals surface area (Å²) in [4.78, 5) is 7.97. The standard InChI is InChI=1S/C13H17ClN4O2/c1-4-8-13(14)10(18(2)17-8)6-11(19)9-5-12(20-3)16-7-15-9/h5,7,11,19H,4,6H2,1-3H3. The van der Waals surface area contributed by atoms with Crippen molar-refractivity contribution >= 4 is 11.6 Å². The van der Waals surface area contributed by atoms with Gasteiger partial charge in [-0.2, -0.15) is 5.10 Å². The summed E-state index contributed by atoms with van der Waals surface area (Å²) in [6.45, 7) is 1.99. The normalized spacial score (nSPS) is 12.4. The lowest BCUT2D eigenvalue weighted by Gasteiger charge is -2.11. The third-order valence-electron chi connectivity index (χ3n) is 3.10. The fraction of sp³-hybridized carbons (Fsp3) is 0.462. The summed E-state index contributed by atoms with van der Waals surface area (Å²) in [5.41, 5.74) is 2.11. The molecule has 0 aliphatic heterocycles. The molecule has 0 aliphatic rings. The van der Waals surface area contributed by atoms with E-state index in [0.29, 0.717) is 23.0 Å². The molecule has 1 atom stereocenters. The second-order valence-corrected chi connectivity index (χ2v) is 4.77. The SMILES string of the molecule is CCc1nn(C)c(CC(O)c2cc(OC)ncn2)c1Cl. The Labute approximate surface area is 122 Å². The van der Waals surface area contributed by atoms with Crippen LogP contribution < -0.4 is 4.74 Å². The van der Waals surface area contributed by atoms with Crippen LogP contribution in [0.15, 0.2) is 12.4 Å². The van der Waals surface area contributed by atoms with Gasteiger partial charge in [-0.3, -0.25) is 4.68 Å². The molecule has 7 heteroatoms. The first kappa shape index (κ1) is 14.7. The number of halogens is 1. The first-order valence-electron chi connectivity index (χ1n) is 6.31. The van der Waals surface area contributed by atoms with Crippen molar-refractivity contribution in [3.8, 4) is 5.88 Å². The molecule has 0 aliphatic carbocycles. The van der Waals surface area contributed by atoms with Gasteiger partial charge >= 0.3 is 0 Å². The number of rotatable bonds is 5. The van der Waals surface area contributed by atoms with E-state index < -0.39 is 6.10 Å². The predicted molar refractivity (Wildman–Crippen MR) is 74.8 cm³/mol.